The second kappa shape index (κ2) is 5.97. The molecule has 0 fully saturated rings. The minimum Gasteiger partial charge on any atom is -0.269 e. The Morgan fingerprint density at radius 2 is 1.86 bits per heavy atom. The Morgan fingerprint density at radius 3 is 2.64 bits per heavy atom. The summed E-state index contributed by atoms with van der Waals surface area (Å²) in [7, 11) is 0. The van der Waals surface area contributed by atoms with E-state index >= 15 is 0 Å². The number of thioether (sulfide) groups is 1. The van der Waals surface area contributed by atoms with E-state index in [-0.39, 0.29) is 5.56 Å². The van der Waals surface area contributed by atoms with Crippen molar-refractivity contribution < 1.29 is 0 Å². The quantitative estimate of drug-likeness (QED) is 0.688. The number of hydrogen-bond acceptors (Lipinski definition) is 3. The first-order valence-electron chi connectivity index (χ1n) is 7.22. The minimum absolute atomic E-state index is 0.0237. The fourth-order valence-electron chi connectivity index (χ4n) is 2.34. The summed E-state index contributed by atoms with van der Waals surface area (Å²) in [6, 6.07) is 11.9. The SMILES string of the molecule is Cc1ccc(SCc2cc(=O)n3cccc(C)c3n2)cc1C. The minimum atomic E-state index is -0.0237. The van der Waals surface area contributed by atoms with Crippen molar-refractivity contribution in [3.8, 4) is 0 Å². The van der Waals surface area contributed by atoms with Crippen LogP contribution in [0.1, 0.15) is 22.4 Å². The van der Waals surface area contributed by atoms with E-state index in [0.717, 1.165) is 16.9 Å². The highest BCUT2D eigenvalue weighted by atomic mass is 32.2. The number of aryl methyl sites for hydroxylation is 3. The van der Waals surface area contributed by atoms with Gasteiger partial charge in [-0.2, -0.15) is 0 Å². The Balaban J connectivity index is 1.89. The van der Waals surface area contributed by atoms with Gasteiger partial charge in [0.15, 0.2) is 0 Å². The van der Waals surface area contributed by atoms with Crippen LogP contribution in [0.5, 0.6) is 0 Å². The maximum atomic E-state index is 12.2. The van der Waals surface area contributed by atoms with E-state index in [1.54, 1.807) is 28.4 Å². The lowest BCUT2D eigenvalue weighted by molar-refractivity contribution is 1.00. The largest absolute Gasteiger partial charge is 0.269 e. The van der Waals surface area contributed by atoms with Crippen LogP contribution in [0.15, 0.2) is 52.3 Å². The lowest BCUT2D eigenvalue weighted by Crippen LogP contribution is -2.15. The zero-order valence-electron chi connectivity index (χ0n) is 13.0. The van der Waals surface area contributed by atoms with Crippen molar-refractivity contribution >= 4 is 17.4 Å². The molecular weight excluding hydrogens is 292 g/mol. The number of rotatable bonds is 3. The van der Waals surface area contributed by atoms with Crippen molar-refractivity contribution in [1.29, 1.82) is 0 Å². The number of aromatic nitrogens is 2. The molecule has 22 heavy (non-hydrogen) atoms. The van der Waals surface area contributed by atoms with Crippen LogP contribution in [0.2, 0.25) is 0 Å². The molecule has 0 spiro atoms. The third-order valence-corrected chi connectivity index (χ3v) is 4.83. The first-order chi connectivity index (χ1) is 10.5. The van der Waals surface area contributed by atoms with Gasteiger partial charge in [-0.25, -0.2) is 4.98 Å². The molecule has 112 valence electrons. The second-order valence-corrected chi connectivity index (χ2v) is 6.55. The topological polar surface area (TPSA) is 34.4 Å². The summed E-state index contributed by atoms with van der Waals surface area (Å²) >= 11 is 1.71. The van der Waals surface area contributed by atoms with Crippen LogP contribution in [-0.4, -0.2) is 9.38 Å². The van der Waals surface area contributed by atoms with Crippen LogP contribution in [0.4, 0.5) is 0 Å². The summed E-state index contributed by atoms with van der Waals surface area (Å²) < 4.78 is 1.60. The number of nitrogens with zero attached hydrogens (tertiary/aromatic N) is 2. The molecule has 0 unspecified atom stereocenters. The molecule has 0 radical (unpaired) electrons. The van der Waals surface area contributed by atoms with Crippen LogP contribution >= 0.6 is 11.8 Å². The Labute approximate surface area is 134 Å². The third-order valence-electron chi connectivity index (χ3n) is 3.80. The van der Waals surface area contributed by atoms with Crippen molar-refractivity contribution in [3.63, 3.8) is 0 Å². The van der Waals surface area contributed by atoms with Gasteiger partial charge >= 0.3 is 0 Å². The van der Waals surface area contributed by atoms with Crippen LogP contribution in [0, 0.1) is 20.8 Å². The van der Waals surface area contributed by atoms with E-state index < -0.39 is 0 Å². The highest BCUT2D eigenvalue weighted by Gasteiger charge is 2.05. The second-order valence-electron chi connectivity index (χ2n) is 5.51. The van der Waals surface area contributed by atoms with Gasteiger partial charge in [-0.15, -0.1) is 11.8 Å². The van der Waals surface area contributed by atoms with E-state index in [1.807, 2.05) is 19.1 Å². The van der Waals surface area contributed by atoms with E-state index in [4.69, 9.17) is 0 Å². The van der Waals surface area contributed by atoms with Gasteiger partial charge in [-0.3, -0.25) is 9.20 Å². The molecule has 0 aliphatic rings. The van der Waals surface area contributed by atoms with Crippen molar-refractivity contribution in [2.24, 2.45) is 0 Å². The first-order valence-corrected chi connectivity index (χ1v) is 8.21. The number of fused-ring (bicyclic) bond motifs is 1. The molecule has 0 saturated carbocycles. The normalized spacial score (nSPS) is 11.0. The fourth-order valence-corrected chi connectivity index (χ4v) is 3.23. The van der Waals surface area contributed by atoms with Crippen LogP contribution < -0.4 is 5.56 Å². The molecule has 0 atom stereocenters. The predicted octanol–water partition coefficient (Wildman–Crippen LogP) is 3.91. The Bertz CT molecular complexity index is 899. The summed E-state index contributed by atoms with van der Waals surface area (Å²) in [5, 5.41) is 0. The highest BCUT2D eigenvalue weighted by molar-refractivity contribution is 7.98. The summed E-state index contributed by atoms with van der Waals surface area (Å²) in [6.45, 7) is 6.20. The van der Waals surface area contributed by atoms with Crippen LogP contribution in [-0.2, 0) is 5.75 Å². The maximum Gasteiger partial charge on any atom is 0.258 e. The number of benzene rings is 1. The number of hydrogen-bond donors (Lipinski definition) is 0. The van der Waals surface area contributed by atoms with Crippen molar-refractivity contribution in [2.75, 3.05) is 0 Å². The standard InChI is InChI=1S/C18H18N2OS/c1-12-6-7-16(9-14(12)3)22-11-15-10-17(21)20-8-4-5-13(2)18(20)19-15/h4-10H,11H2,1-3H3. The molecular formula is C18H18N2OS. The monoisotopic (exact) mass is 310 g/mol. The van der Waals surface area contributed by atoms with Crippen LogP contribution in [0.25, 0.3) is 5.65 Å². The van der Waals surface area contributed by atoms with Gasteiger partial charge in [0.2, 0.25) is 0 Å². The van der Waals surface area contributed by atoms with E-state index in [1.165, 1.54) is 16.0 Å². The van der Waals surface area contributed by atoms with Gasteiger partial charge < -0.3 is 0 Å². The van der Waals surface area contributed by atoms with Crippen LogP contribution in [0.3, 0.4) is 0 Å². The molecule has 3 nitrogen and oxygen atoms in total. The van der Waals surface area contributed by atoms with Crippen molar-refractivity contribution in [2.45, 2.75) is 31.4 Å². The molecule has 0 amide bonds. The van der Waals surface area contributed by atoms with Gasteiger partial charge in [0.05, 0.1) is 5.69 Å². The zero-order valence-corrected chi connectivity index (χ0v) is 13.8. The molecule has 0 N–H and O–H groups in total. The summed E-state index contributed by atoms with van der Waals surface area (Å²) in [5.74, 6) is 0.697. The lowest BCUT2D eigenvalue weighted by atomic mass is 10.1. The van der Waals surface area contributed by atoms with Gasteiger partial charge in [-0.1, -0.05) is 12.1 Å². The zero-order chi connectivity index (χ0) is 15.7. The number of pyridine rings is 1. The first kappa shape index (κ1) is 14.9. The molecule has 4 heteroatoms. The van der Waals surface area contributed by atoms with E-state index in [9.17, 15) is 4.79 Å². The van der Waals surface area contributed by atoms with Gasteiger partial charge in [0.1, 0.15) is 5.65 Å². The Morgan fingerprint density at radius 1 is 1.05 bits per heavy atom. The molecule has 0 aliphatic heterocycles. The fraction of sp³-hybridized carbons (Fsp3) is 0.222. The van der Waals surface area contributed by atoms with Gasteiger partial charge in [-0.05, 0) is 55.7 Å². The molecule has 0 saturated heterocycles. The molecule has 0 aliphatic carbocycles. The third kappa shape index (κ3) is 2.92. The molecule has 3 rings (SSSR count). The summed E-state index contributed by atoms with van der Waals surface area (Å²) in [4.78, 5) is 18.0. The highest BCUT2D eigenvalue weighted by Crippen LogP contribution is 2.24. The molecule has 3 aromatic rings. The maximum absolute atomic E-state index is 12.2. The lowest BCUT2D eigenvalue weighted by Gasteiger charge is -2.07. The summed E-state index contributed by atoms with van der Waals surface area (Å²) in [5.41, 5.74) is 5.13. The Kier molecular flexibility index (Phi) is 4.03. The average Bonchev–Trinajstić information content (AvgIpc) is 2.50. The molecule has 1 aromatic carbocycles. The average molecular weight is 310 g/mol. The van der Waals surface area contributed by atoms with Crippen molar-refractivity contribution in [1.82, 2.24) is 9.38 Å². The molecule has 0 bridgehead atoms. The van der Waals surface area contributed by atoms with E-state index in [2.05, 4.69) is 37.0 Å². The smallest absolute Gasteiger partial charge is 0.258 e. The van der Waals surface area contributed by atoms with Gasteiger partial charge in [0, 0.05) is 22.9 Å². The van der Waals surface area contributed by atoms with Crippen molar-refractivity contribution in [3.05, 3.63) is 75.3 Å². The molecule has 2 heterocycles. The molecule has 2 aromatic heterocycles. The Hall–Kier alpha value is -2.07. The summed E-state index contributed by atoms with van der Waals surface area (Å²) in [6.07, 6.45) is 1.76. The van der Waals surface area contributed by atoms with E-state index in [0.29, 0.717) is 5.75 Å². The van der Waals surface area contributed by atoms with Gasteiger partial charge in [0.25, 0.3) is 5.56 Å². The predicted molar refractivity (Wildman–Crippen MR) is 91.7 cm³/mol.